The Labute approximate surface area is 123 Å². The maximum absolute atomic E-state index is 5.16. The van der Waals surface area contributed by atoms with Gasteiger partial charge in [-0.15, -0.1) is 0 Å². The van der Waals surface area contributed by atoms with Crippen LogP contribution >= 0.6 is 0 Å². The molecule has 1 heterocycles. The largest absolute Gasteiger partial charge is 0.381 e. The molecule has 0 aliphatic carbocycles. The Balaban J connectivity index is 1.72. The second kappa shape index (κ2) is 6.33. The molecule has 0 aliphatic heterocycles. The number of hydrogen-bond donors (Lipinski definition) is 1. The van der Waals surface area contributed by atoms with Gasteiger partial charge in [0.25, 0.3) is 0 Å². The topological polar surface area (TPSA) is 47.0 Å². The van der Waals surface area contributed by atoms with Crippen LogP contribution in [0, 0.1) is 0 Å². The smallest absolute Gasteiger partial charge is 0.0907 e. The van der Waals surface area contributed by atoms with Gasteiger partial charge in [0.15, 0.2) is 0 Å². The molecule has 0 saturated carbocycles. The number of rotatable bonds is 5. The Morgan fingerprint density at radius 2 is 1.76 bits per heavy atom. The van der Waals surface area contributed by atoms with Gasteiger partial charge < -0.3 is 10.1 Å². The maximum Gasteiger partial charge on any atom is 0.0907 e. The molecule has 0 amide bonds. The van der Waals surface area contributed by atoms with Gasteiger partial charge >= 0.3 is 0 Å². The number of aromatic nitrogens is 2. The SMILES string of the molecule is COCc1cccc(CNc2ccc3nccnc3c2)c1. The summed E-state index contributed by atoms with van der Waals surface area (Å²) < 4.78 is 5.16. The van der Waals surface area contributed by atoms with Gasteiger partial charge in [0, 0.05) is 31.7 Å². The molecule has 2 aromatic carbocycles. The molecule has 4 nitrogen and oxygen atoms in total. The van der Waals surface area contributed by atoms with Crippen molar-refractivity contribution in [1.29, 1.82) is 0 Å². The first kappa shape index (κ1) is 13.5. The van der Waals surface area contributed by atoms with Gasteiger partial charge in [0.1, 0.15) is 0 Å². The molecule has 0 spiro atoms. The zero-order chi connectivity index (χ0) is 14.5. The van der Waals surface area contributed by atoms with E-state index in [1.54, 1.807) is 19.5 Å². The molecule has 0 radical (unpaired) electrons. The standard InChI is InChI=1S/C17H17N3O/c1-21-12-14-4-2-3-13(9-14)11-20-15-5-6-16-17(10-15)19-8-7-18-16/h2-10,20H,11-12H2,1H3. The summed E-state index contributed by atoms with van der Waals surface area (Å²) in [5.41, 5.74) is 5.26. The third-order valence-corrected chi connectivity index (χ3v) is 3.27. The summed E-state index contributed by atoms with van der Waals surface area (Å²) in [6, 6.07) is 14.4. The van der Waals surface area contributed by atoms with Gasteiger partial charge in [-0.3, -0.25) is 9.97 Å². The first-order chi connectivity index (χ1) is 10.3. The molecule has 1 N–H and O–H groups in total. The van der Waals surface area contributed by atoms with Crippen LogP contribution in [0.15, 0.2) is 54.9 Å². The summed E-state index contributed by atoms with van der Waals surface area (Å²) in [7, 11) is 1.71. The number of nitrogens with one attached hydrogen (secondary N) is 1. The molecule has 0 aliphatic rings. The van der Waals surface area contributed by atoms with Gasteiger partial charge in [0.05, 0.1) is 17.6 Å². The second-order valence-corrected chi connectivity index (χ2v) is 4.87. The van der Waals surface area contributed by atoms with Gasteiger partial charge in [-0.25, -0.2) is 0 Å². The van der Waals surface area contributed by atoms with E-state index in [2.05, 4.69) is 39.6 Å². The van der Waals surface area contributed by atoms with E-state index in [9.17, 15) is 0 Å². The number of fused-ring (bicyclic) bond motifs is 1. The Bertz CT molecular complexity index is 743. The number of ether oxygens (including phenoxy) is 1. The fraction of sp³-hybridized carbons (Fsp3) is 0.176. The number of nitrogens with zero attached hydrogens (tertiary/aromatic N) is 2. The molecule has 106 valence electrons. The molecule has 4 heteroatoms. The Hall–Kier alpha value is -2.46. The van der Waals surface area contributed by atoms with Crippen molar-refractivity contribution in [3.8, 4) is 0 Å². The first-order valence-electron chi connectivity index (χ1n) is 6.86. The monoisotopic (exact) mass is 279 g/mol. The summed E-state index contributed by atoms with van der Waals surface area (Å²) in [6.07, 6.45) is 3.41. The van der Waals surface area contributed by atoms with Crippen LogP contribution in [0.4, 0.5) is 5.69 Å². The predicted octanol–water partition coefficient (Wildman–Crippen LogP) is 3.39. The van der Waals surface area contributed by atoms with Crippen LogP contribution in [0.5, 0.6) is 0 Å². The molecule has 0 unspecified atom stereocenters. The van der Waals surface area contributed by atoms with Crippen LogP contribution in [0.25, 0.3) is 11.0 Å². The average Bonchev–Trinajstić information content (AvgIpc) is 2.53. The molecule has 0 atom stereocenters. The lowest BCUT2D eigenvalue weighted by molar-refractivity contribution is 0.185. The lowest BCUT2D eigenvalue weighted by Gasteiger charge is -2.08. The third-order valence-electron chi connectivity index (χ3n) is 3.27. The molecular formula is C17H17N3O. The highest BCUT2D eigenvalue weighted by atomic mass is 16.5. The van der Waals surface area contributed by atoms with Crippen LogP contribution in [0.1, 0.15) is 11.1 Å². The highest BCUT2D eigenvalue weighted by Crippen LogP contribution is 2.16. The highest BCUT2D eigenvalue weighted by Gasteiger charge is 1.99. The van der Waals surface area contributed by atoms with E-state index in [0.717, 1.165) is 23.3 Å². The molecular weight excluding hydrogens is 262 g/mol. The fourth-order valence-electron chi connectivity index (χ4n) is 2.27. The zero-order valence-corrected chi connectivity index (χ0v) is 11.9. The number of methoxy groups -OCH3 is 1. The Morgan fingerprint density at radius 3 is 2.62 bits per heavy atom. The van der Waals surface area contributed by atoms with Gasteiger partial charge in [-0.05, 0) is 29.3 Å². The van der Waals surface area contributed by atoms with Crippen LogP contribution < -0.4 is 5.32 Å². The molecule has 0 fully saturated rings. The maximum atomic E-state index is 5.16. The van der Waals surface area contributed by atoms with Crippen molar-refractivity contribution in [2.24, 2.45) is 0 Å². The van der Waals surface area contributed by atoms with E-state index in [0.29, 0.717) is 6.61 Å². The molecule has 0 saturated heterocycles. The fourth-order valence-corrected chi connectivity index (χ4v) is 2.27. The minimum absolute atomic E-state index is 0.638. The summed E-state index contributed by atoms with van der Waals surface area (Å²) >= 11 is 0. The van der Waals surface area contributed by atoms with Crippen LogP contribution in [0.2, 0.25) is 0 Å². The molecule has 21 heavy (non-hydrogen) atoms. The van der Waals surface area contributed by atoms with Crippen molar-refractivity contribution in [3.05, 3.63) is 66.0 Å². The summed E-state index contributed by atoms with van der Waals surface area (Å²) in [4.78, 5) is 8.58. The number of hydrogen-bond acceptors (Lipinski definition) is 4. The van der Waals surface area contributed by atoms with Crippen molar-refractivity contribution >= 4 is 16.7 Å². The predicted molar refractivity (Wildman–Crippen MR) is 84.0 cm³/mol. The molecule has 3 aromatic rings. The molecule has 0 bridgehead atoms. The minimum Gasteiger partial charge on any atom is -0.381 e. The van der Waals surface area contributed by atoms with E-state index < -0.39 is 0 Å². The van der Waals surface area contributed by atoms with Gasteiger partial charge in [-0.1, -0.05) is 24.3 Å². The highest BCUT2D eigenvalue weighted by molar-refractivity contribution is 5.78. The number of benzene rings is 2. The second-order valence-electron chi connectivity index (χ2n) is 4.87. The van der Waals surface area contributed by atoms with E-state index in [4.69, 9.17) is 4.74 Å². The summed E-state index contributed by atoms with van der Waals surface area (Å²) in [6.45, 7) is 1.41. The lowest BCUT2D eigenvalue weighted by atomic mass is 10.1. The molecule has 1 aromatic heterocycles. The third kappa shape index (κ3) is 3.35. The van der Waals surface area contributed by atoms with Gasteiger partial charge in [0.2, 0.25) is 0 Å². The lowest BCUT2D eigenvalue weighted by Crippen LogP contribution is -2.00. The van der Waals surface area contributed by atoms with Crippen molar-refractivity contribution in [3.63, 3.8) is 0 Å². The quantitative estimate of drug-likeness (QED) is 0.777. The average molecular weight is 279 g/mol. The van der Waals surface area contributed by atoms with Crippen LogP contribution in [-0.4, -0.2) is 17.1 Å². The summed E-state index contributed by atoms with van der Waals surface area (Å²) in [5, 5.41) is 3.41. The van der Waals surface area contributed by atoms with Crippen molar-refractivity contribution < 1.29 is 4.74 Å². The van der Waals surface area contributed by atoms with E-state index in [1.165, 1.54) is 11.1 Å². The number of anilines is 1. The van der Waals surface area contributed by atoms with E-state index in [-0.39, 0.29) is 0 Å². The minimum atomic E-state index is 0.638. The van der Waals surface area contributed by atoms with Crippen LogP contribution in [-0.2, 0) is 17.9 Å². The van der Waals surface area contributed by atoms with Crippen molar-refractivity contribution in [2.45, 2.75) is 13.2 Å². The zero-order valence-electron chi connectivity index (χ0n) is 11.9. The van der Waals surface area contributed by atoms with E-state index in [1.807, 2.05) is 18.2 Å². The summed E-state index contributed by atoms with van der Waals surface area (Å²) in [5.74, 6) is 0. The molecule has 3 rings (SSSR count). The van der Waals surface area contributed by atoms with Crippen molar-refractivity contribution in [2.75, 3.05) is 12.4 Å². The van der Waals surface area contributed by atoms with Gasteiger partial charge in [-0.2, -0.15) is 0 Å². The normalized spacial score (nSPS) is 10.7. The Kier molecular flexibility index (Phi) is 4.07. The first-order valence-corrected chi connectivity index (χ1v) is 6.86. The van der Waals surface area contributed by atoms with Crippen molar-refractivity contribution in [1.82, 2.24) is 9.97 Å². The Morgan fingerprint density at radius 1 is 0.952 bits per heavy atom. The van der Waals surface area contributed by atoms with E-state index >= 15 is 0 Å². The van der Waals surface area contributed by atoms with Crippen LogP contribution in [0.3, 0.4) is 0 Å².